The van der Waals surface area contributed by atoms with Crippen molar-refractivity contribution < 1.29 is 24.2 Å². The lowest BCUT2D eigenvalue weighted by molar-refractivity contribution is -0.153. The molecule has 2 N–H and O–H groups in total. The molecule has 8 nitrogen and oxygen atoms in total. The van der Waals surface area contributed by atoms with E-state index in [0.29, 0.717) is 29.4 Å². The Morgan fingerprint density at radius 2 is 1.86 bits per heavy atom. The Morgan fingerprint density at radius 1 is 1.11 bits per heavy atom. The van der Waals surface area contributed by atoms with Crippen molar-refractivity contribution in [3.05, 3.63) is 65.9 Å². The van der Waals surface area contributed by atoms with E-state index in [1.807, 2.05) is 24.3 Å². The van der Waals surface area contributed by atoms with E-state index in [4.69, 9.17) is 9.47 Å². The first-order chi connectivity index (χ1) is 17.5. The number of nitrogens with zero attached hydrogens (tertiary/aromatic N) is 2. The van der Waals surface area contributed by atoms with Crippen LogP contribution >= 0.6 is 0 Å². The number of hydrogen-bond donors (Lipinski definition) is 2. The Bertz CT molecular complexity index is 1260. The maximum atomic E-state index is 13.2. The lowest BCUT2D eigenvalue weighted by Crippen LogP contribution is -2.36. The van der Waals surface area contributed by atoms with Gasteiger partial charge in [0.05, 0.1) is 7.11 Å². The lowest BCUT2D eigenvalue weighted by atomic mass is 9.95. The standard InChI is InChI=1S/C28H31N3O5/c1-35-20-13-11-19(12-14-20)27-28(34)26(22-16-29-23-9-5-4-8-21(22)23)30-31(27)24(32)17-36-25(33)15-10-18-6-2-3-7-18/h4-5,8-9,11-14,16,18,27-29,34H,2-3,6-7,10,15,17H2,1H3/t27-,28+/m0/s1. The Kier molecular flexibility index (Phi) is 7.04. The van der Waals surface area contributed by atoms with Crippen molar-refractivity contribution in [2.24, 2.45) is 11.0 Å². The second-order valence-corrected chi connectivity index (χ2v) is 9.48. The number of esters is 1. The maximum absolute atomic E-state index is 13.2. The molecule has 188 valence electrons. The normalized spacial score (nSPS) is 20.1. The van der Waals surface area contributed by atoms with Gasteiger partial charge in [-0.25, -0.2) is 5.01 Å². The molecule has 3 aromatic rings. The van der Waals surface area contributed by atoms with E-state index < -0.39 is 24.7 Å². The third-order valence-corrected chi connectivity index (χ3v) is 7.22. The molecular formula is C28H31N3O5. The van der Waals surface area contributed by atoms with E-state index in [1.54, 1.807) is 37.6 Å². The zero-order valence-corrected chi connectivity index (χ0v) is 20.4. The van der Waals surface area contributed by atoms with Crippen molar-refractivity contribution in [3.8, 4) is 5.75 Å². The van der Waals surface area contributed by atoms with Crippen LogP contribution in [-0.2, 0) is 14.3 Å². The smallest absolute Gasteiger partial charge is 0.306 e. The first kappa shape index (κ1) is 24.1. The number of hydrazone groups is 1. The molecule has 5 rings (SSSR count). The highest BCUT2D eigenvalue weighted by atomic mass is 16.5. The van der Waals surface area contributed by atoms with Gasteiger partial charge in [-0.1, -0.05) is 56.0 Å². The highest BCUT2D eigenvalue weighted by molar-refractivity contribution is 6.14. The van der Waals surface area contributed by atoms with Gasteiger partial charge in [0.1, 0.15) is 23.6 Å². The summed E-state index contributed by atoms with van der Waals surface area (Å²) in [6, 6.07) is 14.1. The molecule has 1 aromatic heterocycles. The van der Waals surface area contributed by atoms with Crippen molar-refractivity contribution in [1.82, 2.24) is 9.99 Å². The number of benzene rings is 2. The minimum Gasteiger partial charge on any atom is -0.497 e. The topological polar surface area (TPSA) is 104 Å². The van der Waals surface area contributed by atoms with Crippen LogP contribution in [0.25, 0.3) is 10.9 Å². The summed E-state index contributed by atoms with van der Waals surface area (Å²) in [6.07, 6.45) is 6.59. The summed E-state index contributed by atoms with van der Waals surface area (Å²) in [5, 5.41) is 18.1. The highest BCUT2D eigenvalue weighted by Crippen LogP contribution is 2.36. The number of fused-ring (bicyclic) bond motifs is 1. The van der Waals surface area contributed by atoms with Gasteiger partial charge in [-0.05, 0) is 36.1 Å². The summed E-state index contributed by atoms with van der Waals surface area (Å²) in [7, 11) is 1.58. The van der Waals surface area contributed by atoms with E-state index in [2.05, 4.69) is 10.1 Å². The van der Waals surface area contributed by atoms with E-state index in [9.17, 15) is 14.7 Å². The summed E-state index contributed by atoms with van der Waals surface area (Å²) in [6.45, 7) is -0.423. The lowest BCUT2D eigenvalue weighted by Gasteiger charge is -2.24. The summed E-state index contributed by atoms with van der Waals surface area (Å²) in [5.74, 6) is 0.374. The van der Waals surface area contributed by atoms with Crippen LogP contribution < -0.4 is 4.74 Å². The Hall–Kier alpha value is -3.65. The number of ether oxygens (including phenoxy) is 2. The van der Waals surface area contributed by atoms with Gasteiger partial charge in [-0.15, -0.1) is 0 Å². The van der Waals surface area contributed by atoms with Crippen LogP contribution in [0, 0.1) is 5.92 Å². The molecule has 0 spiro atoms. The number of aliphatic hydroxyl groups is 1. The molecule has 1 saturated carbocycles. The summed E-state index contributed by atoms with van der Waals surface area (Å²) >= 11 is 0. The molecule has 8 heteroatoms. The van der Waals surface area contributed by atoms with Gasteiger partial charge in [0, 0.05) is 29.1 Å². The van der Waals surface area contributed by atoms with Crippen molar-refractivity contribution in [2.45, 2.75) is 50.7 Å². The second-order valence-electron chi connectivity index (χ2n) is 9.48. The van der Waals surface area contributed by atoms with Gasteiger partial charge in [0.2, 0.25) is 0 Å². The van der Waals surface area contributed by atoms with Crippen LogP contribution in [0.5, 0.6) is 5.75 Å². The Morgan fingerprint density at radius 3 is 2.61 bits per heavy atom. The fraction of sp³-hybridized carbons (Fsp3) is 0.393. The SMILES string of the molecule is COc1ccc([C@H]2[C@H](O)C(c3c[nH]c4ccccc34)=NN2C(=O)COC(=O)CCC2CCCC2)cc1. The van der Waals surface area contributed by atoms with E-state index in [1.165, 1.54) is 17.9 Å². The fourth-order valence-corrected chi connectivity index (χ4v) is 5.25. The van der Waals surface area contributed by atoms with Crippen LogP contribution in [0.4, 0.5) is 0 Å². The first-order valence-electron chi connectivity index (χ1n) is 12.5. The number of rotatable bonds is 8. The number of para-hydroxylation sites is 1. The number of aliphatic hydroxyl groups excluding tert-OH is 1. The third-order valence-electron chi connectivity index (χ3n) is 7.22. The van der Waals surface area contributed by atoms with Crippen LogP contribution in [0.3, 0.4) is 0 Å². The largest absolute Gasteiger partial charge is 0.497 e. The second kappa shape index (κ2) is 10.5. The zero-order chi connectivity index (χ0) is 25.1. The van der Waals surface area contributed by atoms with Gasteiger partial charge in [0.15, 0.2) is 6.61 Å². The van der Waals surface area contributed by atoms with E-state index in [0.717, 1.165) is 35.7 Å². The molecule has 36 heavy (non-hydrogen) atoms. The number of aromatic nitrogens is 1. The minimum absolute atomic E-state index is 0.312. The summed E-state index contributed by atoms with van der Waals surface area (Å²) < 4.78 is 10.6. The van der Waals surface area contributed by atoms with Crippen LogP contribution in [0.2, 0.25) is 0 Å². The molecule has 0 bridgehead atoms. The fourth-order valence-electron chi connectivity index (χ4n) is 5.25. The van der Waals surface area contributed by atoms with Crippen LogP contribution in [0.15, 0.2) is 59.8 Å². The van der Waals surface area contributed by atoms with Crippen LogP contribution in [0.1, 0.15) is 55.7 Å². The van der Waals surface area contributed by atoms with Crippen LogP contribution in [-0.4, -0.2) is 52.5 Å². The molecule has 2 atom stereocenters. The molecule has 2 aliphatic rings. The molecule has 0 unspecified atom stereocenters. The van der Waals surface area contributed by atoms with E-state index >= 15 is 0 Å². The predicted molar refractivity (Wildman–Crippen MR) is 136 cm³/mol. The molecule has 0 radical (unpaired) electrons. The number of nitrogens with one attached hydrogen (secondary N) is 1. The van der Waals surface area contributed by atoms with Gasteiger partial charge in [-0.2, -0.15) is 5.10 Å². The van der Waals surface area contributed by atoms with Gasteiger partial charge in [-0.3, -0.25) is 9.59 Å². The monoisotopic (exact) mass is 489 g/mol. The van der Waals surface area contributed by atoms with Crippen molar-refractivity contribution >= 4 is 28.5 Å². The van der Waals surface area contributed by atoms with Gasteiger partial charge in [0.25, 0.3) is 5.91 Å². The molecule has 2 heterocycles. The summed E-state index contributed by atoms with van der Waals surface area (Å²) in [4.78, 5) is 28.7. The number of H-pyrrole nitrogens is 1. The average Bonchev–Trinajstić information content (AvgIpc) is 3.65. The van der Waals surface area contributed by atoms with Gasteiger partial charge < -0.3 is 19.6 Å². The molecule has 1 aliphatic carbocycles. The van der Waals surface area contributed by atoms with E-state index in [-0.39, 0.29) is 5.97 Å². The predicted octanol–water partition coefficient (Wildman–Crippen LogP) is 4.34. The number of amides is 1. The molecule has 1 fully saturated rings. The third kappa shape index (κ3) is 4.86. The number of methoxy groups -OCH3 is 1. The van der Waals surface area contributed by atoms with Crippen molar-refractivity contribution in [2.75, 3.05) is 13.7 Å². The molecule has 1 amide bonds. The maximum Gasteiger partial charge on any atom is 0.306 e. The molecule has 0 saturated heterocycles. The number of carbonyl (C=O) groups is 2. The number of hydrogen-bond acceptors (Lipinski definition) is 6. The average molecular weight is 490 g/mol. The van der Waals surface area contributed by atoms with Gasteiger partial charge >= 0.3 is 5.97 Å². The zero-order valence-electron chi connectivity index (χ0n) is 20.4. The highest BCUT2D eigenvalue weighted by Gasteiger charge is 2.42. The molecular weight excluding hydrogens is 458 g/mol. The van der Waals surface area contributed by atoms with Crippen molar-refractivity contribution in [3.63, 3.8) is 0 Å². The minimum atomic E-state index is -1.07. The quantitative estimate of drug-likeness (QED) is 0.458. The number of aromatic amines is 1. The first-order valence-corrected chi connectivity index (χ1v) is 12.5. The molecule has 1 aliphatic heterocycles. The summed E-state index contributed by atoms with van der Waals surface area (Å²) in [5.41, 5.74) is 2.71. The number of carbonyl (C=O) groups excluding carboxylic acids is 2. The Labute approximate surface area is 209 Å². The van der Waals surface area contributed by atoms with Crippen molar-refractivity contribution in [1.29, 1.82) is 0 Å². The Balaban J connectivity index is 1.36. The molecule has 2 aromatic carbocycles.